The number of ketones is 1. The van der Waals surface area contributed by atoms with E-state index in [1.807, 2.05) is 17.8 Å². The van der Waals surface area contributed by atoms with Crippen molar-refractivity contribution in [1.29, 1.82) is 0 Å². The lowest BCUT2D eigenvalue weighted by molar-refractivity contribution is 0.0569. The van der Waals surface area contributed by atoms with Crippen LogP contribution in [0.3, 0.4) is 0 Å². The number of imidazole rings is 1. The molecule has 1 fully saturated rings. The first-order chi connectivity index (χ1) is 8.65. The van der Waals surface area contributed by atoms with Crippen LogP contribution < -0.4 is 0 Å². The highest BCUT2D eigenvalue weighted by molar-refractivity contribution is 6.00. The van der Waals surface area contributed by atoms with Gasteiger partial charge in [-0.3, -0.25) is 9.69 Å². The second-order valence-corrected chi connectivity index (χ2v) is 5.10. The molecule has 0 radical (unpaired) electrons. The van der Waals surface area contributed by atoms with Gasteiger partial charge < -0.3 is 4.57 Å². The molecule has 0 aliphatic heterocycles. The van der Waals surface area contributed by atoms with Gasteiger partial charge in [-0.1, -0.05) is 26.7 Å². The zero-order valence-corrected chi connectivity index (χ0v) is 11.6. The Labute approximate surface area is 109 Å². The zero-order valence-electron chi connectivity index (χ0n) is 11.6. The molecule has 1 saturated carbocycles. The molecule has 1 heterocycles. The second kappa shape index (κ2) is 5.22. The predicted molar refractivity (Wildman–Crippen MR) is 71.7 cm³/mol. The summed E-state index contributed by atoms with van der Waals surface area (Å²) in [4.78, 5) is 19.4. The summed E-state index contributed by atoms with van der Waals surface area (Å²) in [5.41, 5.74) is -0.303. The fourth-order valence-corrected chi connectivity index (χ4v) is 3.27. The summed E-state index contributed by atoms with van der Waals surface area (Å²) in [5, 5.41) is 0. The van der Waals surface area contributed by atoms with Crippen LogP contribution in [0.15, 0.2) is 12.4 Å². The number of Topliss-reactive ketones (excluding diaryl/α,β-unsaturated/α-hetero) is 1. The number of carbonyl (C=O) groups is 1. The predicted octanol–water partition coefficient (Wildman–Crippen LogP) is 2.26. The number of carbonyl (C=O) groups excluding carboxylic acids is 1. The Morgan fingerprint density at radius 1 is 1.39 bits per heavy atom. The summed E-state index contributed by atoms with van der Waals surface area (Å²) < 4.78 is 1.84. The normalized spacial score (nSPS) is 18.4. The van der Waals surface area contributed by atoms with E-state index in [-0.39, 0.29) is 11.3 Å². The number of hydrogen-bond donors (Lipinski definition) is 0. The van der Waals surface area contributed by atoms with Gasteiger partial charge >= 0.3 is 0 Å². The molecule has 0 bridgehead atoms. The molecule has 1 aliphatic rings. The van der Waals surface area contributed by atoms with E-state index in [2.05, 4.69) is 23.7 Å². The molecular weight excluding hydrogens is 226 g/mol. The van der Waals surface area contributed by atoms with Crippen molar-refractivity contribution in [3.05, 3.63) is 18.2 Å². The van der Waals surface area contributed by atoms with Crippen LogP contribution in [0.4, 0.5) is 0 Å². The molecule has 0 amide bonds. The fourth-order valence-electron chi connectivity index (χ4n) is 3.27. The molecule has 0 spiro atoms. The average Bonchev–Trinajstić information content (AvgIpc) is 3.00. The molecule has 0 atom stereocenters. The largest absolute Gasteiger partial charge is 0.332 e. The Morgan fingerprint density at radius 2 is 2.00 bits per heavy atom. The summed E-state index contributed by atoms with van der Waals surface area (Å²) in [6, 6.07) is 0. The van der Waals surface area contributed by atoms with E-state index in [0.717, 1.165) is 38.8 Å². The van der Waals surface area contributed by atoms with E-state index in [0.29, 0.717) is 5.82 Å². The van der Waals surface area contributed by atoms with E-state index in [1.54, 1.807) is 6.20 Å². The minimum absolute atomic E-state index is 0.205. The molecule has 0 N–H and O–H groups in total. The van der Waals surface area contributed by atoms with E-state index in [9.17, 15) is 4.79 Å². The number of aromatic nitrogens is 2. The molecule has 0 unspecified atom stereocenters. The van der Waals surface area contributed by atoms with E-state index >= 15 is 0 Å². The van der Waals surface area contributed by atoms with E-state index < -0.39 is 0 Å². The first kappa shape index (κ1) is 13.3. The van der Waals surface area contributed by atoms with Crippen molar-refractivity contribution in [3.63, 3.8) is 0 Å². The Kier molecular flexibility index (Phi) is 3.85. The van der Waals surface area contributed by atoms with Gasteiger partial charge in [-0.25, -0.2) is 4.98 Å². The summed E-state index contributed by atoms with van der Waals surface area (Å²) in [6.07, 6.45) is 7.79. The minimum atomic E-state index is -0.303. The molecule has 1 aliphatic carbocycles. The van der Waals surface area contributed by atoms with Gasteiger partial charge in [0.2, 0.25) is 5.78 Å². The van der Waals surface area contributed by atoms with Gasteiger partial charge in [0.05, 0.1) is 5.54 Å². The van der Waals surface area contributed by atoms with Crippen molar-refractivity contribution in [1.82, 2.24) is 14.5 Å². The Bertz CT molecular complexity index is 414. The number of hydrogen-bond acceptors (Lipinski definition) is 3. The molecule has 4 heteroatoms. The molecule has 2 rings (SSSR count). The molecule has 1 aromatic rings. The molecule has 4 nitrogen and oxygen atoms in total. The van der Waals surface area contributed by atoms with Crippen LogP contribution in [0.2, 0.25) is 0 Å². The van der Waals surface area contributed by atoms with Crippen LogP contribution in [0.1, 0.15) is 50.1 Å². The maximum atomic E-state index is 12.9. The summed E-state index contributed by atoms with van der Waals surface area (Å²) in [7, 11) is 1.89. The average molecular weight is 249 g/mol. The molecule has 1 aromatic heterocycles. The lowest BCUT2D eigenvalue weighted by Crippen LogP contribution is -2.53. The lowest BCUT2D eigenvalue weighted by atomic mass is 9.89. The number of rotatable bonds is 5. The number of likely N-dealkylation sites (N-methyl/N-ethyl adjacent to an activating group) is 1. The molecular formula is C14H23N3O. The van der Waals surface area contributed by atoms with Gasteiger partial charge in [-0.05, 0) is 25.9 Å². The minimum Gasteiger partial charge on any atom is -0.332 e. The van der Waals surface area contributed by atoms with Crippen molar-refractivity contribution in [2.75, 3.05) is 13.1 Å². The van der Waals surface area contributed by atoms with Gasteiger partial charge in [-0.2, -0.15) is 0 Å². The van der Waals surface area contributed by atoms with Crippen LogP contribution in [0.25, 0.3) is 0 Å². The van der Waals surface area contributed by atoms with Crippen molar-refractivity contribution in [2.24, 2.45) is 7.05 Å². The van der Waals surface area contributed by atoms with Gasteiger partial charge in [0.25, 0.3) is 0 Å². The van der Waals surface area contributed by atoms with Gasteiger partial charge in [-0.15, -0.1) is 0 Å². The second-order valence-electron chi connectivity index (χ2n) is 5.10. The first-order valence-corrected chi connectivity index (χ1v) is 6.93. The van der Waals surface area contributed by atoms with Crippen molar-refractivity contribution < 1.29 is 4.79 Å². The van der Waals surface area contributed by atoms with Crippen molar-refractivity contribution >= 4 is 5.78 Å². The SMILES string of the molecule is CCN(CC)C1(C(=O)c2nccn2C)CCCC1. The molecule has 100 valence electrons. The number of aryl methyl sites for hydroxylation is 1. The van der Waals surface area contributed by atoms with E-state index in [4.69, 9.17) is 0 Å². The highest BCUT2D eigenvalue weighted by atomic mass is 16.1. The van der Waals surface area contributed by atoms with Gasteiger partial charge in [0, 0.05) is 19.4 Å². The standard InChI is InChI=1S/C14H23N3O/c1-4-17(5-2)14(8-6-7-9-14)12(18)13-15-10-11-16(13)3/h10-11H,4-9H2,1-3H3. The topological polar surface area (TPSA) is 38.1 Å². The number of nitrogens with zero attached hydrogens (tertiary/aromatic N) is 3. The third-order valence-electron chi connectivity index (χ3n) is 4.25. The first-order valence-electron chi connectivity index (χ1n) is 6.93. The van der Waals surface area contributed by atoms with Crippen LogP contribution in [0.5, 0.6) is 0 Å². The molecule has 0 saturated heterocycles. The Balaban J connectivity index is 2.36. The summed E-state index contributed by atoms with van der Waals surface area (Å²) in [5.74, 6) is 0.806. The van der Waals surface area contributed by atoms with Crippen LogP contribution in [-0.4, -0.2) is 38.9 Å². The molecule has 18 heavy (non-hydrogen) atoms. The summed E-state index contributed by atoms with van der Waals surface area (Å²) in [6.45, 7) is 6.11. The summed E-state index contributed by atoms with van der Waals surface area (Å²) >= 11 is 0. The maximum Gasteiger partial charge on any atom is 0.218 e. The monoisotopic (exact) mass is 249 g/mol. The fraction of sp³-hybridized carbons (Fsp3) is 0.714. The van der Waals surface area contributed by atoms with Crippen LogP contribution in [0, 0.1) is 0 Å². The highest BCUT2D eigenvalue weighted by Crippen LogP contribution is 2.37. The smallest absolute Gasteiger partial charge is 0.218 e. The lowest BCUT2D eigenvalue weighted by Gasteiger charge is -2.38. The third kappa shape index (κ3) is 1.99. The Morgan fingerprint density at radius 3 is 2.44 bits per heavy atom. The quantitative estimate of drug-likeness (QED) is 0.751. The van der Waals surface area contributed by atoms with E-state index in [1.165, 1.54) is 0 Å². The zero-order chi connectivity index (χ0) is 13.2. The highest BCUT2D eigenvalue weighted by Gasteiger charge is 2.46. The maximum absolute atomic E-state index is 12.9. The molecule has 0 aromatic carbocycles. The van der Waals surface area contributed by atoms with Crippen LogP contribution >= 0.6 is 0 Å². The van der Waals surface area contributed by atoms with Crippen molar-refractivity contribution in [2.45, 2.75) is 45.1 Å². The van der Waals surface area contributed by atoms with Gasteiger partial charge in [0.15, 0.2) is 5.82 Å². The van der Waals surface area contributed by atoms with Gasteiger partial charge in [0.1, 0.15) is 0 Å². The van der Waals surface area contributed by atoms with Crippen LogP contribution in [-0.2, 0) is 7.05 Å². The Hall–Kier alpha value is -1.16. The van der Waals surface area contributed by atoms with Crippen molar-refractivity contribution in [3.8, 4) is 0 Å². The third-order valence-corrected chi connectivity index (χ3v) is 4.25.